The minimum atomic E-state index is 0.390. The summed E-state index contributed by atoms with van der Waals surface area (Å²) in [6.45, 7) is 4.68. The Hall–Kier alpha value is -3.09. The smallest absolute Gasteiger partial charge is 0.214 e. The molecule has 1 aromatic carbocycles. The number of nitrogens with one attached hydrogen (secondary N) is 1. The average Bonchev–Trinajstić information content (AvgIpc) is 3.42. The van der Waals surface area contributed by atoms with E-state index in [0.717, 1.165) is 36.8 Å². The molecule has 1 aliphatic rings. The SMILES string of the molecule is CN=C(NCc1ncc(-c2ccccc2)o1)N1CCC(C)C(n2ccnc2)C1. The second-order valence-electron chi connectivity index (χ2n) is 7.17. The molecule has 2 aromatic heterocycles. The number of likely N-dealkylation sites (tertiary alicyclic amines) is 1. The maximum Gasteiger partial charge on any atom is 0.214 e. The number of hydrogen-bond acceptors (Lipinski definition) is 4. The number of guanidine groups is 1. The van der Waals surface area contributed by atoms with E-state index < -0.39 is 0 Å². The van der Waals surface area contributed by atoms with Crippen molar-refractivity contribution in [3.8, 4) is 11.3 Å². The van der Waals surface area contributed by atoms with Crippen molar-refractivity contribution in [2.75, 3.05) is 20.1 Å². The molecule has 1 fully saturated rings. The van der Waals surface area contributed by atoms with Gasteiger partial charge in [0.2, 0.25) is 5.89 Å². The first-order valence-corrected chi connectivity index (χ1v) is 9.67. The lowest BCUT2D eigenvalue weighted by molar-refractivity contribution is 0.188. The summed E-state index contributed by atoms with van der Waals surface area (Å²) in [5.41, 5.74) is 1.03. The highest BCUT2D eigenvalue weighted by Gasteiger charge is 2.29. The van der Waals surface area contributed by atoms with Gasteiger partial charge < -0.3 is 19.2 Å². The third kappa shape index (κ3) is 3.93. The van der Waals surface area contributed by atoms with E-state index >= 15 is 0 Å². The maximum atomic E-state index is 5.89. The molecule has 1 N–H and O–H groups in total. The predicted molar refractivity (Wildman–Crippen MR) is 109 cm³/mol. The minimum absolute atomic E-state index is 0.390. The van der Waals surface area contributed by atoms with Crippen LogP contribution in [0.3, 0.4) is 0 Å². The van der Waals surface area contributed by atoms with Crippen molar-refractivity contribution in [1.29, 1.82) is 0 Å². The Kier molecular flexibility index (Phi) is 5.41. The third-order valence-electron chi connectivity index (χ3n) is 5.35. The van der Waals surface area contributed by atoms with Crippen LogP contribution in [-0.2, 0) is 6.54 Å². The number of hydrogen-bond donors (Lipinski definition) is 1. The lowest BCUT2D eigenvalue weighted by Gasteiger charge is -2.39. The molecule has 0 saturated carbocycles. The van der Waals surface area contributed by atoms with Gasteiger partial charge in [-0.25, -0.2) is 9.97 Å². The standard InChI is InChI=1S/C21H26N6O/c1-16-8-10-26(14-18(16)27-11-9-23-15-27)21(22-2)25-13-20-24-12-19(28-20)17-6-4-3-5-7-17/h3-7,9,11-12,15-16,18H,8,10,13-14H2,1-2H3,(H,22,25). The minimum Gasteiger partial charge on any atom is -0.439 e. The Morgan fingerprint density at radius 3 is 2.93 bits per heavy atom. The van der Waals surface area contributed by atoms with E-state index in [1.54, 1.807) is 6.20 Å². The average molecular weight is 378 g/mol. The fourth-order valence-electron chi connectivity index (χ4n) is 3.71. The summed E-state index contributed by atoms with van der Waals surface area (Å²) in [5, 5.41) is 3.40. The van der Waals surface area contributed by atoms with E-state index in [2.05, 4.69) is 36.7 Å². The highest BCUT2D eigenvalue weighted by molar-refractivity contribution is 5.79. The maximum absolute atomic E-state index is 5.89. The first-order valence-electron chi connectivity index (χ1n) is 9.67. The van der Waals surface area contributed by atoms with Gasteiger partial charge in [0.1, 0.15) is 0 Å². The van der Waals surface area contributed by atoms with Gasteiger partial charge in [-0.1, -0.05) is 37.3 Å². The number of nitrogens with zero attached hydrogens (tertiary/aromatic N) is 5. The Bertz CT molecular complexity index is 902. The zero-order chi connectivity index (χ0) is 19.3. The molecule has 3 aromatic rings. The van der Waals surface area contributed by atoms with E-state index in [-0.39, 0.29) is 0 Å². The number of aromatic nitrogens is 3. The van der Waals surface area contributed by atoms with Crippen molar-refractivity contribution in [2.24, 2.45) is 10.9 Å². The number of rotatable bonds is 4. The van der Waals surface area contributed by atoms with Crippen LogP contribution >= 0.6 is 0 Å². The summed E-state index contributed by atoms with van der Waals surface area (Å²) in [6, 6.07) is 10.4. The fraction of sp³-hybridized carbons (Fsp3) is 0.381. The molecule has 7 nitrogen and oxygen atoms in total. The second-order valence-corrected chi connectivity index (χ2v) is 7.17. The van der Waals surface area contributed by atoms with Crippen LogP contribution in [0.4, 0.5) is 0 Å². The van der Waals surface area contributed by atoms with Crippen molar-refractivity contribution in [3.63, 3.8) is 0 Å². The van der Waals surface area contributed by atoms with E-state index in [1.807, 2.05) is 56.1 Å². The van der Waals surface area contributed by atoms with Gasteiger partial charge >= 0.3 is 0 Å². The zero-order valence-electron chi connectivity index (χ0n) is 16.3. The van der Waals surface area contributed by atoms with Crippen LogP contribution in [-0.4, -0.2) is 45.5 Å². The van der Waals surface area contributed by atoms with Crippen LogP contribution < -0.4 is 5.32 Å². The third-order valence-corrected chi connectivity index (χ3v) is 5.35. The molecule has 1 saturated heterocycles. The van der Waals surface area contributed by atoms with E-state index in [1.165, 1.54) is 0 Å². The Morgan fingerprint density at radius 1 is 1.32 bits per heavy atom. The Balaban J connectivity index is 1.39. The Morgan fingerprint density at radius 2 is 2.18 bits per heavy atom. The molecule has 28 heavy (non-hydrogen) atoms. The van der Waals surface area contributed by atoms with Crippen molar-refractivity contribution in [2.45, 2.75) is 25.9 Å². The summed E-state index contributed by atoms with van der Waals surface area (Å²) in [7, 11) is 1.82. The molecule has 2 unspecified atom stereocenters. The van der Waals surface area contributed by atoms with Gasteiger partial charge in [-0.2, -0.15) is 0 Å². The molecule has 7 heteroatoms. The number of aliphatic imine (C=N–C) groups is 1. The van der Waals surface area contributed by atoms with Gasteiger partial charge in [0.15, 0.2) is 11.7 Å². The fourth-order valence-corrected chi connectivity index (χ4v) is 3.71. The first kappa shape index (κ1) is 18.3. The molecule has 0 amide bonds. The second kappa shape index (κ2) is 8.29. The van der Waals surface area contributed by atoms with Gasteiger partial charge in [0.05, 0.1) is 25.1 Å². The van der Waals surface area contributed by atoms with Gasteiger partial charge in [0, 0.05) is 38.1 Å². The number of oxazole rings is 1. The van der Waals surface area contributed by atoms with Gasteiger partial charge in [-0.3, -0.25) is 4.99 Å². The highest BCUT2D eigenvalue weighted by atomic mass is 16.4. The topological polar surface area (TPSA) is 71.5 Å². The zero-order valence-corrected chi connectivity index (χ0v) is 16.3. The summed E-state index contributed by atoms with van der Waals surface area (Å²) < 4.78 is 8.09. The van der Waals surface area contributed by atoms with Crippen molar-refractivity contribution < 1.29 is 4.42 Å². The van der Waals surface area contributed by atoms with Crippen LogP contribution in [0.15, 0.2) is 64.7 Å². The number of piperidine rings is 1. The summed E-state index contributed by atoms with van der Waals surface area (Å²) >= 11 is 0. The van der Waals surface area contributed by atoms with E-state index in [9.17, 15) is 0 Å². The highest BCUT2D eigenvalue weighted by Crippen LogP contribution is 2.27. The van der Waals surface area contributed by atoms with Crippen LogP contribution in [0, 0.1) is 5.92 Å². The molecule has 146 valence electrons. The molecule has 3 heterocycles. The molecule has 0 bridgehead atoms. The number of imidazole rings is 1. The van der Waals surface area contributed by atoms with Crippen LogP contribution in [0.2, 0.25) is 0 Å². The molecule has 0 aliphatic carbocycles. The molecule has 1 aliphatic heterocycles. The molecule has 2 atom stereocenters. The molecular formula is C21H26N6O. The molecular weight excluding hydrogens is 352 g/mol. The van der Waals surface area contributed by atoms with Gasteiger partial charge in [0.25, 0.3) is 0 Å². The predicted octanol–water partition coefficient (Wildman–Crippen LogP) is 3.20. The molecule has 0 spiro atoms. The van der Waals surface area contributed by atoms with Crippen molar-refractivity contribution in [1.82, 2.24) is 24.8 Å². The van der Waals surface area contributed by atoms with E-state index in [4.69, 9.17) is 4.42 Å². The van der Waals surface area contributed by atoms with Gasteiger partial charge in [-0.05, 0) is 12.3 Å². The number of benzene rings is 1. The van der Waals surface area contributed by atoms with E-state index in [0.29, 0.717) is 24.4 Å². The van der Waals surface area contributed by atoms with Crippen LogP contribution in [0.1, 0.15) is 25.3 Å². The van der Waals surface area contributed by atoms with Crippen molar-refractivity contribution in [3.05, 3.63) is 61.1 Å². The molecule has 0 radical (unpaired) electrons. The van der Waals surface area contributed by atoms with Crippen LogP contribution in [0.25, 0.3) is 11.3 Å². The first-order chi connectivity index (χ1) is 13.7. The monoisotopic (exact) mass is 378 g/mol. The summed E-state index contributed by atoms with van der Waals surface area (Å²) in [6.07, 6.45) is 8.66. The van der Waals surface area contributed by atoms with Crippen LogP contribution in [0.5, 0.6) is 0 Å². The largest absolute Gasteiger partial charge is 0.439 e. The molecule has 4 rings (SSSR count). The lowest BCUT2D eigenvalue weighted by atomic mass is 9.93. The van der Waals surface area contributed by atoms with Crippen molar-refractivity contribution >= 4 is 5.96 Å². The Labute approximate surface area is 165 Å². The summed E-state index contributed by atoms with van der Waals surface area (Å²) in [4.78, 5) is 15.4. The summed E-state index contributed by atoms with van der Waals surface area (Å²) in [5.74, 6) is 2.90. The normalized spacial score (nSPS) is 20.4. The van der Waals surface area contributed by atoms with Gasteiger partial charge in [-0.15, -0.1) is 0 Å². The lowest BCUT2D eigenvalue weighted by Crippen LogP contribution is -2.48. The quantitative estimate of drug-likeness (QED) is 0.558.